The van der Waals surface area contributed by atoms with Crippen molar-refractivity contribution in [2.45, 2.75) is 130 Å². The van der Waals surface area contributed by atoms with Gasteiger partial charge in [-0.3, -0.25) is 14.4 Å². The molecule has 0 aromatic carbocycles. The zero-order chi connectivity index (χ0) is 25.0. The van der Waals surface area contributed by atoms with E-state index in [-0.39, 0.29) is 30.0 Å². The number of carboxylic acid groups (broad SMARTS) is 1. The van der Waals surface area contributed by atoms with Crippen molar-refractivity contribution in [2.75, 3.05) is 6.61 Å². The second kappa shape index (κ2) is 20.0. The van der Waals surface area contributed by atoms with Gasteiger partial charge in [0.05, 0.1) is 12.5 Å². The summed E-state index contributed by atoms with van der Waals surface area (Å²) < 4.78 is 10.5. The number of amides is 1. The van der Waals surface area contributed by atoms with Crippen LogP contribution in [0.1, 0.15) is 119 Å². The zero-order valence-corrected chi connectivity index (χ0v) is 21.4. The van der Waals surface area contributed by atoms with Crippen LogP contribution in [0.5, 0.6) is 0 Å². The van der Waals surface area contributed by atoms with Gasteiger partial charge in [-0.1, -0.05) is 52.4 Å². The van der Waals surface area contributed by atoms with Crippen LogP contribution in [0.15, 0.2) is 0 Å². The Morgan fingerprint density at radius 1 is 0.844 bits per heavy atom. The van der Waals surface area contributed by atoms with Crippen molar-refractivity contribution >= 4 is 17.8 Å². The standard InChI is InChI=1S/C16H31NO3.C9H18O3/c1-16(2,3)20-15(19)13-11-9-7-5-4-6-8-10-12-14(17)18;1-7(2)4-5-12-8(3)6-9(10)11/h4-13H2,1-3H3,(H2,17,18);7-8H,4-6H2,1-3H3,(H,10,11). The normalized spacial score (nSPS) is 12.1. The minimum atomic E-state index is -0.799. The number of esters is 1. The molecule has 1 unspecified atom stereocenters. The van der Waals surface area contributed by atoms with Crippen LogP contribution in [0.3, 0.4) is 0 Å². The molecule has 0 saturated heterocycles. The van der Waals surface area contributed by atoms with E-state index >= 15 is 0 Å². The van der Waals surface area contributed by atoms with Gasteiger partial charge in [-0.2, -0.15) is 0 Å². The number of carbonyl (C=O) groups is 3. The maximum atomic E-state index is 11.5. The fourth-order valence-corrected chi connectivity index (χ4v) is 2.83. The SMILES string of the molecule is CC(C)(C)OC(=O)CCCCCCCCCCC(N)=O.CC(C)CCOC(C)CC(=O)O. The second-order valence-electron chi connectivity index (χ2n) is 9.84. The molecule has 1 amide bonds. The molecule has 0 radical (unpaired) electrons. The molecule has 190 valence electrons. The highest BCUT2D eigenvalue weighted by Crippen LogP contribution is 2.13. The van der Waals surface area contributed by atoms with Crippen molar-refractivity contribution in [3.8, 4) is 0 Å². The molecule has 3 N–H and O–H groups in total. The van der Waals surface area contributed by atoms with Crippen molar-refractivity contribution in [2.24, 2.45) is 11.7 Å². The molecule has 7 heteroatoms. The zero-order valence-electron chi connectivity index (χ0n) is 21.4. The fraction of sp³-hybridized carbons (Fsp3) is 0.880. The van der Waals surface area contributed by atoms with Gasteiger partial charge < -0.3 is 20.3 Å². The van der Waals surface area contributed by atoms with Crippen molar-refractivity contribution in [1.29, 1.82) is 0 Å². The predicted molar refractivity (Wildman–Crippen MR) is 128 cm³/mol. The average molecular weight is 460 g/mol. The lowest BCUT2D eigenvalue weighted by molar-refractivity contribution is -0.155. The molecule has 0 aliphatic heterocycles. The summed E-state index contributed by atoms with van der Waals surface area (Å²) in [4.78, 5) is 32.2. The van der Waals surface area contributed by atoms with Gasteiger partial charge in [0.2, 0.25) is 5.91 Å². The first-order chi connectivity index (χ1) is 14.8. The van der Waals surface area contributed by atoms with E-state index in [1.54, 1.807) is 6.92 Å². The summed E-state index contributed by atoms with van der Waals surface area (Å²) in [5.41, 5.74) is 4.70. The van der Waals surface area contributed by atoms with Crippen LogP contribution in [-0.2, 0) is 23.9 Å². The molecular weight excluding hydrogens is 410 g/mol. The van der Waals surface area contributed by atoms with E-state index in [9.17, 15) is 14.4 Å². The molecule has 0 bridgehead atoms. The molecule has 0 saturated carbocycles. The van der Waals surface area contributed by atoms with Crippen LogP contribution in [-0.4, -0.2) is 41.3 Å². The van der Waals surface area contributed by atoms with E-state index in [2.05, 4.69) is 13.8 Å². The van der Waals surface area contributed by atoms with E-state index in [1.807, 2.05) is 20.8 Å². The summed E-state index contributed by atoms with van der Waals surface area (Å²) in [6.07, 6.45) is 10.7. The first-order valence-electron chi connectivity index (χ1n) is 12.2. The summed E-state index contributed by atoms with van der Waals surface area (Å²) in [5, 5.41) is 8.41. The van der Waals surface area contributed by atoms with E-state index in [1.165, 1.54) is 25.7 Å². The highest BCUT2D eigenvalue weighted by Gasteiger charge is 2.15. The number of hydrogen-bond acceptors (Lipinski definition) is 5. The smallest absolute Gasteiger partial charge is 0.306 e. The molecule has 0 fully saturated rings. The Bertz CT molecular complexity index is 499. The maximum Gasteiger partial charge on any atom is 0.306 e. The lowest BCUT2D eigenvalue weighted by Crippen LogP contribution is -2.23. The van der Waals surface area contributed by atoms with Gasteiger partial charge in [0.15, 0.2) is 0 Å². The van der Waals surface area contributed by atoms with Crippen molar-refractivity contribution in [3.63, 3.8) is 0 Å². The number of hydrogen-bond donors (Lipinski definition) is 2. The Kier molecular flexibility index (Phi) is 20.4. The monoisotopic (exact) mass is 459 g/mol. The Balaban J connectivity index is 0. The summed E-state index contributed by atoms with van der Waals surface area (Å²) in [6.45, 7) is 12.4. The van der Waals surface area contributed by atoms with Crippen molar-refractivity contribution in [1.82, 2.24) is 0 Å². The summed E-state index contributed by atoms with van der Waals surface area (Å²) in [7, 11) is 0. The Hall–Kier alpha value is -1.63. The van der Waals surface area contributed by atoms with Gasteiger partial charge in [-0.15, -0.1) is 0 Å². The number of rotatable bonds is 17. The summed E-state index contributed by atoms with van der Waals surface area (Å²) in [5.74, 6) is -0.481. The van der Waals surface area contributed by atoms with Crippen LogP contribution < -0.4 is 5.73 Å². The molecule has 7 nitrogen and oxygen atoms in total. The Labute approximate surface area is 195 Å². The fourth-order valence-electron chi connectivity index (χ4n) is 2.83. The highest BCUT2D eigenvalue weighted by molar-refractivity contribution is 5.73. The Morgan fingerprint density at radius 3 is 1.72 bits per heavy atom. The first kappa shape index (κ1) is 32.5. The van der Waals surface area contributed by atoms with Gasteiger partial charge >= 0.3 is 11.9 Å². The number of nitrogens with two attached hydrogens (primary N) is 1. The van der Waals surface area contributed by atoms with Gasteiger partial charge in [0, 0.05) is 19.4 Å². The first-order valence-corrected chi connectivity index (χ1v) is 12.2. The third kappa shape index (κ3) is 30.6. The summed E-state index contributed by atoms with van der Waals surface area (Å²) in [6, 6.07) is 0. The van der Waals surface area contributed by atoms with Gasteiger partial charge in [0.1, 0.15) is 5.60 Å². The number of ether oxygens (including phenoxy) is 2. The molecule has 0 aliphatic carbocycles. The quantitative estimate of drug-likeness (QED) is 0.215. The largest absolute Gasteiger partial charge is 0.481 e. The highest BCUT2D eigenvalue weighted by atomic mass is 16.6. The third-order valence-corrected chi connectivity index (χ3v) is 4.53. The Morgan fingerprint density at radius 2 is 1.31 bits per heavy atom. The molecule has 32 heavy (non-hydrogen) atoms. The number of aliphatic carboxylic acids is 1. The van der Waals surface area contributed by atoms with Crippen LogP contribution in [0, 0.1) is 5.92 Å². The van der Waals surface area contributed by atoms with E-state index in [4.69, 9.17) is 20.3 Å². The number of carbonyl (C=O) groups excluding carboxylic acids is 2. The van der Waals surface area contributed by atoms with E-state index in [0.717, 1.165) is 32.1 Å². The molecule has 0 aromatic heterocycles. The van der Waals surface area contributed by atoms with E-state index in [0.29, 0.717) is 25.4 Å². The lowest BCUT2D eigenvalue weighted by atomic mass is 10.1. The molecule has 0 spiro atoms. The molecule has 0 aliphatic rings. The maximum absolute atomic E-state index is 11.5. The summed E-state index contributed by atoms with van der Waals surface area (Å²) >= 11 is 0. The van der Waals surface area contributed by atoms with E-state index < -0.39 is 5.97 Å². The molecule has 1 atom stereocenters. The number of carboxylic acids is 1. The third-order valence-electron chi connectivity index (χ3n) is 4.53. The molecule has 0 aromatic rings. The van der Waals surface area contributed by atoms with Crippen LogP contribution in [0.25, 0.3) is 0 Å². The van der Waals surface area contributed by atoms with Crippen LogP contribution >= 0.6 is 0 Å². The van der Waals surface area contributed by atoms with Gasteiger partial charge in [-0.05, 0) is 52.9 Å². The number of unbranched alkanes of at least 4 members (excludes halogenated alkanes) is 7. The molecular formula is C25H49NO6. The number of primary amides is 1. The predicted octanol–water partition coefficient (Wildman–Crippen LogP) is 5.63. The van der Waals surface area contributed by atoms with Gasteiger partial charge in [-0.25, -0.2) is 0 Å². The molecule has 0 heterocycles. The average Bonchev–Trinajstić information content (AvgIpc) is 2.61. The van der Waals surface area contributed by atoms with Crippen molar-refractivity contribution < 1.29 is 29.0 Å². The van der Waals surface area contributed by atoms with Crippen LogP contribution in [0.4, 0.5) is 0 Å². The topological polar surface area (TPSA) is 116 Å². The van der Waals surface area contributed by atoms with Crippen molar-refractivity contribution in [3.05, 3.63) is 0 Å². The minimum absolute atomic E-state index is 0.0936. The lowest BCUT2D eigenvalue weighted by Gasteiger charge is -2.19. The molecule has 0 rings (SSSR count). The second-order valence-corrected chi connectivity index (χ2v) is 9.84. The minimum Gasteiger partial charge on any atom is -0.481 e. The van der Waals surface area contributed by atoms with Gasteiger partial charge in [0.25, 0.3) is 0 Å². The van der Waals surface area contributed by atoms with Crippen LogP contribution in [0.2, 0.25) is 0 Å².